The van der Waals surface area contributed by atoms with Gasteiger partial charge in [0, 0.05) is 23.9 Å². The van der Waals surface area contributed by atoms with Crippen molar-refractivity contribution in [2.45, 2.75) is 57.0 Å². The van der Waals surface area contributed by atoms with Gasteiger partial charge in [-0.05, 0) is 91.4 Å². The summed E-state index contributed by atoms with van der Waals surface area (Å²) in [6.45, 7) is -0.0345. The van der Waals surface area contributed by atoms with Gasteiger partial charge in [0.2, 0.25) is 0 Å². The van der Waals surface area contributed by atoms with Gasteiger partial charge in [0.15, 0.2) is 0 Å². The Balaban J connectivity index is 1.32. The number of halogens is 5. The van der Waals surface area contributed by atoms with Crippen LogP contribution >= 0.6 is 0 Å². The third kappa shape index (κ3) is 11.8. The van der Waals surface area contributed by atoms with Gasteiger partial charge in [0.1, 0.15) is 11.5 Å². The molecular weight excluding hydrogens is 599 g/mol. The topological polar surface area (TPSA) is 114 Å². The van der Waals surface area contributed by atoms with Gasteiger partial charge in [-0.3, -0.25) is 0 Å². The van der Waals surface area contributed by atoms with Crippen LogP contribution in [0.2, 0.25) is 0 Å². The number of benzene rings is 3. The molecule has 0 bridgehead atoms. The number of carbonyl (C=O) groups excluding carboxylic acids is 2. The highest BCUT2D eigenvalue weighted by Crippen LogP contribution is 2.38. The first-order valence-corrected chi connectivity index (χ1v) is 14.3. The zero-order chi connectivity index (χ0) is 32.9. The average Bonchev–Trinajstić information content (AvgIpc) is 2.99. The van der Waals surface area contributed by atoms with Gasteiger partial charge in [-0.1, -0.05) is 31.0 Å². The molecule has 0 aromatic heterocycles. The molecule has 0 amide bonds. The van der Waals surface area contributed by atoms with E-state index in [1.54, 1.807) is 36.4 Å². The van der Waals surface area contributed by atoms with Crippen LogP contribution in [-0.2, 0) is 16.0 Å². The molecule has 0 saturated carbocycles. The maximum atomic E-state index is 12.9. The molecule has 0 unspecified atom stereocenters. The van der Waals surface area contributed by atoms with Crippen molar-refractivity contribution < 1.29 is 45.8 Å². The number of esters is 2. The number of unbranched alkanes of at least 4 members (excludes halogenated alkanes) is 3. The largest absolute Gasteiger partial charge is 0.494 e. The molecule has 0 aliphatic carbocycles. The summed E-state index contributed by atoms with van der Waals surface area (Å²) in [5.74, 6) is -5.46. The fourth-order valence-electron chi connectivity index (χ4n) is 4.12. The first kappa shape index (κ1) is 34.9. The van der Waals surface area contributed by atoms with Crippen LogP contribution < -0.4 is 20.9 Å². The molecule has 0 atom stereocenters. The Morgan fingerprint density at radius 1 is 0.756 bits per heavy atom. The Hall–Kier alpha value is -4.61. The normalized spacial score (nSPS) is 11.8. The predicted octanol–water partition coefficient (Wildman–Crippen LogP) is 7.79. The number of nitrogens with two attached hydrogens (primary N) is 2. The van der Waals surface area contributed by atoms with Crippen molar-refractivity contribution >= 4 is 29.4 Å². The molecule has 4 N–H and O–H groups in total. The zero-order valence-electron chi connectivity index (χ0n) is 24.5. The van der Waals surface area contributed by atoms with E-state index in [0.29, 0.717) is 23.5 Å². The summed E-state index contributed by atoms with van der Waals surface area (Å²) in [5, 5.41) is 0. The molecule has 7 nitrogen and oxygen atoms in total. The number of nitrogen functional groups attached to an aromatic ring is 2. The monoisotopic (exact) mass is 634 g/mol. The van der Waals surface area contributed by atoms with E-state index in [2.05, 4.69) is 0 Å². The second-order valence-electron chi connectivity index (χ2n) is 10.3. The van der Waals surface area contributed by atoms with Crippen LogP contribution in [0.15, 0.2) is 72.8 Å². The van der Waals surface area contributed by atoms with Crippen LogP contribution in [-0.4, -0.2) is 37.3 Å². The first-order chi connectivity index (χ1) is 21.3. The van der Waals surface area contributed by atoms with E-state index >= 15 is 0 Å². The van der Waals surface area contributed by atoms with Gasteiger partial charge in [0.25, 0.3) is 0 Å². The van der Waals surface area contributed by atoms with E-state index in [1.807, 2.05) is 12.1 Å². The second-order valence-corrected chi connectivity index (χ2v) is 10.3. The van der Waals surface area contributed by atoms with E-state index in [4.69, 9.17) is 25.7 Å². The molecule has 0 heterocycles. The molecule has 3 rings (SSSR count). The molecule has 12 heteroatoms. The lowest BCUT2D eigenvalue weighted by molar-refractivity contribution is -0.284. The van der Waals surface area contributed by atoms with Crippen LogP contribution in [0.25, 0.3) is 6.08 Å². The number of ether oxygens (including phenoxy) is 3. The number of anilines is 2. The van der Waals surface area contributed by atoms with E-state index in [1.165, 1.54) is 30.3 Å². The summed E-state index contributed by atoms with van der Waals surface area (Å²) < 4.78 is 78.3. The lowest BCUT2D eigenvalue weighted by Gasteiger charge is -2.19. The Morgan fingerprint density at radius 2 is 1.42 bits per heavy atom. The van der Waals surface area contributed by atoms with Crippen molar-refractivity contribution in [1.82, 2.24) is 0 Å². The molecule has 0 saturated heterocycles. The van der Waals surface area contributed by atoms with E-state index < -0.39 is 36.9 Å². The van der Waals surface area contributed by atoms with Gasteiger partial charge in [0.05, 0.1) is 18.8 Å². The number of alkyl halides is 5. The highest BCUT2D eigenvalue weighted by molar-refractivity contribution is 5.91. The minimum Gasteiger partial charge on any atom is -0.494 e. The summed E-state index contributed by atoms with van der Waals surface area (Å²) in [6.07, 6.45) is -0.107. The van der Waals surface area contributed by atoms with Crippen molar-refractivity contribution in [2.75, 3.05) is 24.7 Å². The van der Waals surface area contributed by atoms with Crippen LogP contribution in [0.5, 0.6) is 11.5 Å². The summed E-state index contributed by atoms with van der Waals surface area (Å²) >= 11 is 0. The van der Waals surface area contributed by atoms with Crippen molar-refractivity contribution in [3.8, 4) is 11.5 Å². The van der Waals surface area contributed by atoms with Crippen LogP contribution in [0.1, 0.15) is 60.0 Å². The molecule has 0 aliphatic rings. The highest BCUT2D eigenvalue weighted by Gasteiger charge is 2.56. The van der Waals surface area contributed by atoms with Crippen molar-refractivity contribution in [1.29, 1.82) is 0 Å². The Morgan fingerprint density at radius 3 is 2.09 bits per heavy atom. The lowest BCUT2D eigenvalue weighted by Crippen LogP contribution is -2.36. The fraction of sp³-hybridized carbons (Fsp3) is 0.333. The van der Waals surface area contributed by atoms with E-state index in [9.17, 15) is 31.5 Å². The fourth-order valence-corrected chi connectivity index (χ4v) is 4.12. The molecular formula is C33H35F5N2O5. The number of rotatable bonds is 16. The predicted molar refractivity (Wildman–Crippen MR) is 161 cm³/mol. The van der Waals surface area contributed by atoms with Crippen molar-refractivity contribution in [3.05, 3.63) is 89.5 Å². The summed E-state index contributed by atoms with van der Waals surface area (Å²) in [6, 6.07) is 17.5. The van der Waals surface area contributed by atoms with Crippen LogP contribution in [0.3, 0.4) is 0 Å². The van der Waals surface area contributed by atoms with Gasteiger partial charge in [-0.25, -0.2) is 9.59 Å². The lowest BCUT2D eigenvalue weighted by atomic mass is 10.0. The van der Waals surface area contributed by atoms with E-state index in [0.717, 1.165) is 37.7 Å². The third-order valence-electron chi connectivity index (χ3n) is 6.67. The van der Waals surface area contributed by atoms with Crippen LogP contribution in [0, 0.1) is 0 Å². The molecule has 0 spiro atoms. The van der Waals surface area contributed by atoms with Gasteiger partial charge < -0.3 is 25.7 Å². The van der Waals surface area contributed by atoms with Gasteiger partial charge in [-0.15, -0.1) is 0 Å². The molecule has 3 aromatic rings. The quantitative estimate of drug-likeness (QED) is 0.0413. The Labute approximate surface area is 258 Å². The number of carbonyl (C=O) groups is 2. The molecule has 242 valence electrons. The van der Waals surface area contributed by atoms with Crippen molar-refractivity contribution in [3.63, 3.8) is 0 Å². The minimum atomic E-state index is -5.60. The van der Waals surface area contributed by atoms with Crippen LogP contribution in [0.4, 0.5) is 33.3 Å². The smallest absolute Gasteiger partial charge is 0.453 e. The molecule has 0 radical (unpaired) electrons. The Bertz CT molecular complexity index is 1420. The summed E-state index contributed by atoms with van der Waals surface area (Å²) in [7, 11) is 0. The average molecular weight is 635 g/mol. The summed E-state index contributed by atoms with van der Waals surface area (Å²) in [4.78, 5) is 24.4. The Kier molecular flexibility index (Phi) is 12.8. The van der Waals surface area contributed by atoms with Crippen molar-refractivity contribution in [2.24, 2.45) is 0 Å². The van der Waals surface area contributed by atoms with Gasteiger partial charge >= 0.3 is 24.0 Å². The molecule has 0 fully saturated rings. The SMILES string of the molecule is Nc1ccc(CCCCCCOC(=O)C=Cc2ccc(OC(=O)c3ccc(OCCCC(F)(F)C(F)(F)F)cc3)cc2)c(N)c1. The molecule has 3 aromatic carbocycles. The number of hydrogen-bond acceptors (Lipinski definition) is 7. The number of hydrogen-bond donors (Lipinski definition) is 2. The summed E-state index contributed by atoms with van der Waals surface area (Å²) in [5.41, 5.74) is 15.0. The number of aryl methyl sites for hydroxylation is 1. The van der Waals surface area contributed by atoms with E-state index in [-0.39, 0.29) is 23.7 Å². The highest BCUT2D eigenvalue weighted by atomic mass is 19.4. The second kappa shape index (κ2) is 16.5. The maximum Gasteiger partial charge on any atom is 0.453 e. The zero-order valence-corrected chi connectivity index (χ0v) is 24.5. The minimum absolute atomic E-state index is 0.171. The standard InChI is InChI=1S/C33H35F5N2O5/c34-32(35,33(36,37)38)19-5-21-43-27-16-11-25(12-17-27)31(42)45-28-14-7-23(8-15-28)9-18-30(41)44-20-4-2-1-3-6-24-10-13-26(39)22-29(24)40/h7-18,22H,1-6,19-21,39-40H2. The third-order valence-corrected chi connectivity index (χ3v) is 6.67. The maximum absolute atomic E-state index is 12.9. The molecule has 0 aliphatic heterocycles. The van der Waals surface area contributed by atoms with Gasteiger partial charge in [-0.2, -0.15) is 22.0 Å². The first-order valence-electron chi connectivity index (χ1n) is 14.3. The molecule has 45 heavy (non-hydrogen) atoms.